The van der Waals surface area contributed by atoms with Crippen LogP contribution in [0, 0.1) is 0 Å². The van der Waals surface area contributed by atoms with Gasteiger partial charge in [0.25, 0.3) is 5.56 Å². The van der Waals surface area contributed by atoms with Gasteiger partial charge in [-0.3, -0.25) is 9.59 Å². The first-order chi connectivity index (χ1) is 12.2. The minimum atomic E-state index is -0.536. The Morgan fingerprint density at radius 1 is 1.27 bits per heavy atom. The van der Waals surface area contributed by atoms with Crippen LogP contribution in [0.4, 0.5) is 5.69 Å². The lowest BCUT2D eigenvalue weighted by Gasteiger charge is -2.24. The highest BCUT2D eigenvalue weighted by Crippen LogP contribution is 2.28. The summed E-state index contributed by atoms with van der Waals surface area (Å²) in [6.07, 6.45) is 1.29. The second kappa shape index (κ2) is 8.75. The molecule has 0 saturated carbocycles. The van der Waals surface area contributed by atoms with Gasteiger partial charge in [-0.15, -0.1) is 0 Å². The summed E-state index contributed by atoms with van der Waals surface area (Å²) < 4.78 is 1.12. The molecule has 1 N–H and O–H groups in total. The molecule has 2 aromatic rings. The molecule has 0 radical (unpaired) electrons. The highest BCUT2D eigenvalue weighted by atomic mass is 35.5. The largest absolute Gasteiger partial charge is 0.361 e. The van der Waals surface area contributed by atoms with Crippen molar-refractivity contribution in [3.8, 4) is 5.69 Å². The number of nitrogens with one attached hydrogen (secondary N) is 1. The minimum Gasteiger partial charge on any atom is -0.361 e. The average Bonchev–Trinajstić information content (AvgIpc) is 2.57. The molecule has 9 heteroatoms. The lowest BCUT2D eigenvalue weighted by molar-refractivity contribution is -0.120. The summed E-state index contributed by atoms with van der Waals surface area (Å²) in [6.45, 7) is 6.50. The number of carbonyl (C=O) groups excluding carboxylic acids is 1. The molecular formula is C17H19Cl3N4O2. The van der Waals surface area contributed by atoms with Crippen LogP contribution in [0.5, 0.6) is 0 Å². The van der Waals surface area contributed by atoms with Gasteiger partial charge in [-0.25, -0.2) is 0 Å². The summed E-state index contributed by atoms with van der Waals surface area (Å²) in [5, 5.41) is 7.19. The van der Waals surface area contributed by atoms with E-state index in [-0.39, 0.29) is 28.5 Å². The summed E-state index contributed by atoms with van der Waals surface area (Å²) in [4.78, 5) is 26.1. The van der Waals surface area contributed by atoms with E-state index < -0.39 is 5.56 Å². The first-order valence-electron chi connectivity index (χ1n) is 8.02. The van der Waals surface area contributed by atoms with E-state index in [0.717, 1.165) is 4.68 Å². The van der Waals surface area contributed by atoms with Crippen LogP contribution in [0.3, 0.4) is 0 Å². The lowest BCUT2D eigenvalue weighted by Crippen LogP contribution is -2.40. The van der Waals surface area contributed by atoms with Gasteiger partial charge in [-0.1, -0.05) is 34.8 Å². The Hall–Kier alpha value is -1.76. The number of aromatic nitrogens is 2. The fraction of sp³-hybridized carbons (Fsp3) is 0.353. The number of amides is 1. The fourth-order valence-corrected chi connectivity index (χ4v) is 2.94. The van der Waals surface area contributed by atoms with Crippen LogP contribution in [0.1, 0.15) is 20.8 Å². The number of halogens is 3. The zero-order valence-corrected chi connectivity index (χ0v) is 16.9. The standard InChI is InChI=1S/C17H19Cl3N4O2/c1-4-23(9-15(25)22-10(2)3)14-6-5-11(7-12(14)18)24-17(26)16(20)13(19)8-21-24/h5-8,10H,4,9H2,1-3H3,(H,22,25). The van der Waals surface area contributed by atoms with Crippen LogP contribution in [0.2, 0.25) is 15.1 Å². The number of benzene rings is 1. The zero-order valence-electron chi connectivity index (χ0n) is 14.6. The summed E-state index contributed by atoms with van der Waals surface area (Å²) in [5.74, 6) is -0.0932. The molecule has 0 atom stereocenters. The molecule has 0 bridgehead atoms. The van der Waals surface area contributed by atoms with Gasteiger partial charge in [-0.05, 0) is 39.0 Å². The normalized spacial score (nSPS) is 10.9. The molecule has 26 heavy (non-hydrogen) atoms. The second-order valence-corrected chi connectivity index (χ2v) is 7.09. The highest BCUT2D eigenvalue weighted by Gasteiger charge is 2.16. The molecule has 0 aliphatic rings. The van der Waals surface area contributed by atoms with Crippen molar-refractivity contribution in [2.24, 2.45) is 0 Å². The van der Waals surface area contributed by atoms with Crippen LogP contribution in [-0.4, -0.2) is 34.8 Å². The van der Waals surface area contributed by atoms with Crippen molar-refractivity contribution < 1.29 is 4.79 Å². The molecule has 0 fully saturated rings. The van der Waals surface area contributed by atoms with Crippen molar-refractivity contribution >= 4 is 46.4 Å². The van der Waals surface area contributed by atoms with Gasteiger partial charge in [0.2, 0.25) is 5.91 Å². The van der Waals surface area contributed by atoms with Crippen LogP contribution in [0.25, 0.3) is 5.69 Å². The quantitative estimate of drug-likeness (QED) is 0.780. The van der Waals surface area contributed by atoms with Gasteiger partial charge in [0.1, 0.15) is 5.02 Å². The van der Waals surface area contributed by atoms with Crippen LogP contribution >= 0.6 is 34.8 Å². The first kappa shape index (κ1) is 20.6. The van der Waals surface area contributed by atoms with E-state index in [9.17, 15) is 9.59 Å². The SMILES string of the molecule is CCN(CC(=O)NC(C)C)c1ccc(-n2ncc(Cl)c(Cl)c2=O)cc1Cl. The predicted molar refractivity (Wildman–Crippen MR) is 106 cm³/mol. The molecule has 140 valence electrons. The number of carbonyl (C=O) groups is 1. The number of nitrogens with zero attached hydrogens (tertiary/aromatic N) is 3. The fourth-order valence-electron chi connectivity index (χ4n) is 2.39. The molecule has 0 saturated heterocycles. The average molecular weight is 418 g/mol. The van der Waals surface area contributed by atoms with Crippen LogP contribution in [-0.2, 0) is 4.79 Å². The minimum absolute atomic E-state index is 0.0617. The van der Waals surface area contributed by atoms with Gasteiger partial charge in [-0.2, -0.15) is 9.78 Å². The Morgan fingerprint density at radius 3 is 2.54 bits per heavy atom. The van der Waals surface area contributed by atoms with Crippen LogP contribution < -0.4 is 15.8 Å². The maximum Gasteiger partial charge on any atom is 0.291 e. The Morgan fingerprint density at radius 2 is 1.96 bits per heavy atom. The molecule has 0 aliphatic carbocycles. The molecule has 1 aromatic carbocycles. The zero-order chi connectivity index (χ0) is 19.4. The molecule has 2 rings (SSSR count). The maximum absolute atomic E-state index is 12.2. The topological polar surface area (TPSA) is 67.2 Å². The van der Waals surface area contributed by atoms with Crippen LogP contribution in [0.15, 0.2) is 29.2 Å². The third kappa shape index (κ3) is 4.69. The van der Waals surface area contributed by atoms with Crippen molar-refractivity contribution in [2.75, 3.05) is 18.0 Å². The van der Waals surface area contributed by atoms with E-state index in [4.69, 9.17) is 34.8 Å². The maximum atomic E-state index is 12.2. The van der Waals surface area contributed by atoms with Crippen molar-refractivity contribution in [1.29, 1.82) is 0 Å². The van der Waals surface area contributed by atoms with E-state index in [0.29, 0.717) is 22.9 Å². The Kier molecular flexibility index (Phi) is 6.92. The van der Waals surface area contributed by atoms with Crippen molar-refractivity contribution in [3.05, 3.63) is 49.8 Å². The van der Waals surface area contributed by atoms with E-state index in [1.807, 2.05) is 25.7 Å². The highest BCUT2D eigenvalue weighted by molar-refractivity contribution is 6.41. The molecular weight excluding hydrogens is 399 g/mol. The summed E-state index contributed by atoms with van der Waals surface area (Å²) >= 11 is 18.1. The monoisotopic (exact) mass is 416 g/mol. The van der Waals surface area contributed by atoms with Gasteiger partial charge in [0.05, 0.1) is 34.2 Å². The number of rotatable bonds is 6. The molecule has 0 unspecified atom stereocenters. The Balaban J connectivity index is 2.33. The lowest BCUT2D eigenvalue weighted by atomic mass is 10.2. The molecule has 1 heterocycles. The summed E-state index contributed by atoms with van der Waals surface area (Å²) in [7, 11) is 0. The summed E-state index contributed by atoms with van der Waals surface area (Å²) in [6, 6.07) is 5.08. The van der Waals surface area contributed by atoms with E-state index in [1.54, 1.807) is 18.2 Å². The summed E-state index contributed by atoms with van der Waals surface area (Å²) in [5.41, 5.74) is 0.599. The number of hydrogen-bond acceptors (Lipinski definition) is 4. The van der Waals surface area contributed by atoms with E-state index in [2.05, 4.69) is 10.4 Å². The number of likely N-dealkylation sites (N-methyl/N-ethyl adjacent to an activating group) is 1. The van der Waals surface area contributed by atoms with Gasteiger partial charge in [0.15, 0.2) is 0 Å². The smallest absolute Gasteiger partial charge is 0.291 e. The van der Waals surface area contributed by atoms with Crippen molar-refractivity contribution in [3.63, 3.8) is 0 Å². The molecule has 0 aliphatic heterocycles. The molecule has 6 nitrogen and oxygen atoms in total. The Bertz CT molecular complexity index is 868. The molecule has 1 aromatic heterocycles. The van der Waals surface area contributed by atoms with Gasteiger partial charge in [0, 0.05) is 12.6 Å². The second-order valence-electron chi connectivity index (χ2n) is 5.90. The third-order valence-corrected chi connectivity index (χ3v) is 4.61. The van der Waals surface area contributed by atoms with Crippen molar-refractivity contribution in [1.82, 2.24) is 15.1 Å². The molecule has 1 amide bonds. The number of hydrogen-bond donors (Lipinski definition) is 1. The first-order valence-corrected chi connectivity index (χ1v) is 9.15. The Labute approximate surface area is 166 Å². The van der Waals surface area contributed by atoms with Crippen molar-refractivity contribution in [2.45, 2.75) is 26.8 Å². The van der Waals surface area contributed by atoms with Gasteiger partial charge >= 0.3 is 0 Å². The number of anilines is 1. The predicted octanol–water partition coefficient (Wildman–Crippen LogP) is 3.54. The molecule has 0 spiro atoms. The van der Waals surface area contributed by atoms with E-state index >= 15 is 0 Å². The third-order valence-electron chi connectivity index (χ3n) is 3.56. The van der Waals surface area contributed by atoms with E-state index in [1.165, 1.54) is 6.20 Å². The van der Waals surface area contributed by atoms with Gasteiger partial charge < -0.3 is 10.2 Å².